The van der Waals surface area contributed by atoms with Crippen LogP contribution in [0.15, 0.2) is 41.3 Å². The minimum Gasteiger partial charge on any atom is -0.398 e. The lowest BCUT2D eigenvalue weighted by Gasteiger charge is -2.12. The van der Waals surface area contributed by atoms with Gasteiger partial charge in [0.2, 0.25) is 10.0 Å². The maximum Gasteiger partial charge on any atom is 0.241 e. The van der Waals surface area contributed by atoms with E-state index in [1.165, 1.54) is 0 Å². The van der Waals surface area contributed by atoms with Crippen molar-refractivity contribution in [2.75, 3.05) is 18.5 Å². The maximum atomic E-state index is 12.5. The molecule has 0 radical (unpaired) electrons. The first-order valence-electron chi connectivity index (χ1n) is 6.75. The standard InChI is InChI=1S/C15H20N2O2S2/c1-11(20-2)9-10-17-21(18,19)15-8-7-14(16)12-5-3-4-6-13(12)15/h3-8,11,17H,9-10,16H2,1-2H3. The molecule has 0 aromatic heterocycles. The zero-order valence-electron chi connectivity index (χ0n) is 12.2. The Hall–Kier alpha value is -1.24. The van der Waals surface area contributed by atoms with Crippen LogP contribution in [0.2, 0.25) is 0 Å². The number of hydrogen-bond donors (Lipinski definition) is 2. The Morgan fingerprint density at radius 1 is 1.19 bits per heavy atom. The molecule has 6 heteroatoms. The molecule has 0 saturated heterocycles. The number of anilines is 1. The molecule has 3 N–H and O–H groups in total. The highest BCUT2D eigenvalue weighted by atomic mass is 32.2. The van der Waals surface area contributed by atoms with Gasteiger partial charge in [0.05, 0.1) is 4.90 Å². The van der Waals surface area contributed by atoms with Gasteiger partial charge >= 0.3 is 0 Å². The van der Waals surface area contributed by atoms with Crippen LogP contribution in [0.4, 0.5) is 5.69 Å². The molecule has 0 aliphatic heterocycles. The maximum absolute atomic E-state index is 12.5. The normalized spacial score (nSPS) is 13.4. The summed E-state index contributed by atoms with van der Waals surface area (Å²) in [7, 11) is -3.52. The smallest absolute Gasteiger partial charge is 0.241 e. The fourth-order valence-electron chi connectivity index (χ4n) is 2.12. The Bertz CT molecular complexity index is 730. The van der Waals surface area contributed by atoms with Crippen molar-refractivity contribution in [3.05, 3.63) is 36.4 Å². The molecule has 114 valence electrons. The number of hydrogen-bond acceptors (Lipinski definition) is 4. The first-order chi connectivity index (χ1) is 9.95. The molecular weight excluding hydrogens is 304 g/mol. The zero-order chi connectivity index (χ0) is 15.5. The molecule has 21 heavy (non-hydrogen) atoms. The highest BCUT2D eigenvalue weighted by Crippen LogP contribution is 2.27. The van der Waals surface area contributed by atoms with E-state index in [-0.39, 0.29) is 4.90 Å². The number of sulfonamides is 1. The van der Waals surface area contributed by atoms with Crippen LogP contribution in [0.3, 0.4) is 0 Å². The minimum atomic E-state index is -3.52. The SMILES string of the molecule is CSC(C)CCNS(=O)(=O)c1ccc(N)c2ccccc12. The van der Waals surface area contributed by atoms with Gasteiger partial charge in [0.25, 0.3) is 0 Å². The number of fused-ring (bicyclic) bond motifs is 1. The molecule has 1 unspecified atom stereocenters. The number of nitrogen functional groups attached to an aromatic ring is 1. The molecule has 0 heterocycles. The van der Waals surface area contributed by atoms with Crippen LogP contribution in [0, 0.1) is 0 Å². The highest BCUT2D eigenvalue weighted by molar-refractivity contribution is 7.99. The van der Waals surface area contributed by atoms with Gasteiger partial charge in [0.15, 0.2) is 0 Å². The molecule has 0 amide bonds. The van der Waals surface area contributed by atoms with E-state index in [4.69, 9.17) is 5.73 Å². The molecule has 0 spiro atoms. The predicted octanol–water partition coefficient (Wildman–Crippen LogP) is 2.84. The minimum absolute atomic E-state index is 0.282. The summed E-state index contributed by atoms with van der Waals surface area (Å²) in [4.78, 5) is 0.282. The highest BCUT2D eigenvalue weighted by Gasteiger charge is 2.17. The van der Waals surface area contributed by atoms with E-state index in [2.05, 4.69) is 11.6 Å². The summed E-state index contributed by atoms with van der Waals surface area (Å²) in [5, 5.41) is 1.84. The van der Waals surface area contributed by atoms with Crippen LogP contribution in [0.25, 0.3) is 10.8 Å². The van der Waals surface area contributed by atoms with Crippen LogP contribution >= 0.6 is 11.8 Å². The molecule has 0 bridgehead atoms. The lowest BCUT2D eigenvalue weighted by atomic mass is 10.1. The quantitative estimate of drug-likeness (QED) is 0.802. The Kier molecular flexibility index (Phi) is 5.13. The van der Waals surface area contributed by atoms with Gasteiger partial charge in [0, 0.05) is 28.3 Å². The summed E-state index contributed by atoms with van der Waals surface area (Å²) in [5.74, 6) is 0. The van der Waals surface area contributed by atoms with Crippen molar-refractivity contribution in [3.8, 4) is 0 Å². The Morgan fingerprint density at radius 2 is 1.86 bits per heavy atom. The largest absolute Gasteiger partial charge is 0.398 e. The van der Waals surface area contributed by atoms with Crippen LogP contribution in [0.5, 0.6) is 0 Å². The van der Waals surface area contributed by atoms with Crippen molar-refractivity contribution in [1.82, 2.24) is 4.72 Å². The number of benzene rings is 2. The van der Waals surface area contributed by atoms with Gasteiger partial charge in [-0.3, -0.25) is 0 Å². The summed E-state index contributed by atoms with van der Waals surface area (Å²) in [6.07, 6.45) is 2.82. The molecule has 1 atom stereocenters. The first kappa shape index (κ1) is 16.1. The van der Waals surface area contributed by atoms with Crippen LogP contribution < -0.4 is 10.5 Å². The van der Waals surface area contributed by atoms with Crippen molar-refractivity contribution in [1.29, 1.82) is 0 Å². The zero-order valence-corrected chi connectivity index (χ0v) is 13.8. The molecule has 0 aliphatic carbocycles. The van der Waals surface area contributed by atoms with Crippen molar-refractivity contribution < 1.29 is 8.42 Å². The van der Waals surface area contributed by atoms with Crippen molar-refractivity contribution in [3.63, 3.8) is 0 Å². The first-order valence-corrected chi connectivity index (χ1v) is 9.52. The van der Waals surface area contributed by atoms with Crippen molar-refractivity contribution in [2.24, 2.45) is 0 Å². The molecule has 4 nitrogen and oxygen atoms in total. The molecule has 2 rings (SSSR count). The number of rotatable bonds is 6. The van der Waals surface area contributed by atoms with E-state index >= 15 is 0 Å². The predicted molar refractivity (Wildman–Crippen MR) is 91.1 cm³/mol. The van der Waals surface area contributed by atoms with E-state index in [0.717, 1.165) is 11.8 Å². The molecular formula is C15H20N2O2S2. The molecule has 2 aromatic rings. The lowest BCUT2D eigenvalue weighted by molar-refractivity contribution is 0.580. The summed E-state index contributed by atoms with van der Waals surface area (Å²) in [6.45, 7) is 2.51. The Morgan fingerprint density at radius 3 is 2.52 bits per heavy atom. The molecule has 2 aromatic carbocycles. The van der Waals surface area contributed by atoms with E-state index in [1.807, 2.05) is 24.5 Å². The number of nitrogens with one attached hydrogen (secondary N) is 1. The van der Waals surface area contributed by atoms with E-state index in [9.17, 15) is 8.42 Å². The fraction of sp³-hybridized carbons (Fsp3) is 0.333. The van der Waals surface area contributed by atoms with Gasteiger partial charge in [-0.1, -0.05) is 31.2 Å². The van der Waals surface area contributed by atoms with Gasteiger partial charge in [-0.2, -0.15) is 11.8 Å². The van der Waals surface area contributed by atoms with E-state index in [1.54, 1.807) is 30.0 Å². The Balaban J connectivity index is 2.31. The number of nitrogens with two attached hydrogens (primary N) is 1. The third kappa shape index (κ3) is 3.70. The number of thioether (sulfide) groups is 1. The third-order valence-electron chi connectivity index (χ3n) is 3.45. The second-order valence-corrected chi connectivity index (χ2v) is 7.94. The average Bonchev–Trinajstić information content (AvgIpc) is 2.47. The van der Waals surface area contributed by atoms with E-state index in [0.29, 0.717) is 22.9 Å². The van der Waals surface area contributed by atoms with Gasteiger partial charge in [0.1, 0.15) is 0 Å². The van der Waals surface area contributed by atoms with Crippen molar-refractivity contribution in [2.45, 2.75) is 23.5 Å². The molecule has 0 aliphatic rings. The Labute approximate surface area is 130 Å². The van der Waals surface area contributed by atoms with Crippen LogP contribution in [-0.2, 0) is 10.0 Å². The summed E-state index contributed by atoms with van der Waals surface area (Å²) in [5.41, 5.74) is 6.49. The third-order valence-corrected chi connectivity index (χ3v) is 6.01. The van der Waals surface area contributed by atoms with Gasteiger partial charge in [-0.15, -0.1) is 0 Å². The van der Waals surface area contributed by atoms with Crippen LogP contribution in [0.1, 0.15) is 13.3 Å². The summed E-state index contributed by atoms with van der Waals surface area (Å²) in [6, 6.07) is 10.5. The van der Waals surface area contributed by atoms with Gasteiger partial charge < -0.3 is 5.73 Å². The summed E-state index contributed by atoms with van der Waals surface area (Å²) < 4.78 is 27.6. The second-order valence-electron chi connectivity index (χ2n) is 4.93. The molecule has 0 fully saturated rings. The second kappa shape index (κ2) is 6.68. The lowest BCUT2D eigenvalue weighted by Crippen LogP contribution is -2.26. The monoisotopic (exact) mass is 324 g/mol. The van der Waals surface area contributed by atoms with Gasteiger partial charge in [-0.05, 0) is 24.8 Å². The molecule has 0 saturated carbocycles. The average molecular weight is 324 g/mol. The van der Waals surface area contributed by atoms with Crippen LogP contribution in [-0.4, -0.2) is 26.5 Å². The fourth-order valence-corrected chi connectivity index (χ4v) is 3.73. The topological polar surface area (TPSA) is 72.2 Å². The summed E-state index contributed by atoms with van der Waals surface area (Å²) >= 11 is 1.72. The van der Waals surface area contributed by atoms with Crippen molar-refractivity contribution >= 4 is 38.2 Å². The van der Waals surface area contributed by atoms with E-state index < -0.39 is 10.0 Å². The van der Waals surface area contributed by atoms with Gasteiger partial charge in [-0.25, -0.2) is 13.1 Å².